The predicted octanol–water partition coefficient (Wildman–Crippen LogP) is 1.56. The first kappa shape index (κ1) is 14.5. The van der Waals surface area contributed by atoms with Gasteiger partial charge in [0.2, 0.25) is 5.91 Å². The van der Waals surface area contributed by atoms with Crippen LogP contribution >= 0.6 is 0 Å². The molecule has 0 saturated carbocycles. The van der Waals surface area contributed by atoms with Gasteiger partial charge in [-0.2, -0.15) is 15.6 Å². The molecule has 1 amide bonds. The molecule has 6 nitrogen and oxygen atoms in total. The minimum absolute atomic E-state index is 0.288. The topological polar surface area (TPSA) is 98.3 Å². The lowest BCUT2D eigenvalue weighted by atomic mass is 9.76. The van der Waals surface area contributed by atoms with Gasteiger partial charge in [-0.15, -0.1) is 0 Å². The molecule has 21 heavy (non-hydrogen) atoms. The monoisotopic (exact) mass is 282 g/mol. The van der Waals surface area contributed by atoms with Crippen LogP contribution in [0.4, 0.5) is 0 Å². The lowest BCUT2D eigenvalue weighted by Gasteiger charge is -2.23. The molecule has 0 bridgehead atoms. The predicted molar refractivity (Wildman–Crippen MR) is 75.2 cm³/mol. The van der Waals surface area contributed by atoms with E-state index in [-0.39, 0.29) is 5.91 Å². The third kappa shape index (κ3) is 2.70. The van der Waals surface area contributed by atoms with Gasteiger partial charge < -0.3 is 4.74 Å². The van der Waals surface area contributed by atoms with Crippen LogP contribution in [0.5, 0.6) is 5.75 Å². The van der Waals surface area contributed by atoms with Gasteiger partial charge in [0.05, 0.1) is 25.2 Å². The highest BCUT2D eigenvalue weighted by atomic mass is 16.5. The van der Waals surface area contributed by atoms with Crippen LogP contribution in [0.1, 0.15) is 18.4 Å². The highest BCUT2D eigenvalue weighted by molar-refractivity contribution is 6.07. The van der Waals surface area contributed by atoms with E-state index in [4.69, 9.17) is 4.74 Å². The zero-order valence-corrected chi connectivity index (χ0v) is 11.7. The first-order valence-corrected chi connectivity index (χ1v) is 6.39. The molecule has 0 fully saturated rings. The molecule has 0 saturated heterocycles. The van der Waals surface area contributed by atoms with E-state index in [1.165, 1.54) is 0 Å². The molecule has 0 radical (unpaired) electrons. The molecule has 2 rings (SSSR count). The summed E-state index contributed by atoms with van der Waals surface area (Å²) in [7, 11) is 1.56. The summed E-state index contributed by atoms with van der Waals surface area (Å²) >= 11 is 0. The molecule has 1 aromatic carbocycles. The Morgan fingerprint density at radius 1 is 1.29 bits per heavy atom. The van der Waals surface area contributed by atoms with Gasteiger partial charge in [-0.25, -0.2) is 5.43 Å². The minimum atomic E-state index is -0.933. The molecule has 1 aliphatic rings. The fourth-order valence-electron chi connectivity index (χ4n) is 2.49. The second-order valence-corrected chi connectivity index (χ2v) is 4.74. The molecule has 106 valence electrons. The largest absolute Gasteiger partial charge is 0.497 e. The molecule has 1 heterocycles. The molecule has 6 heteroatoms. The number of methoxy groups -OCH3 is 1. The Balaban J connectivity index is 2.46. The minimum Gasteiger partial charge on any atom is -0.497 e. The molecule has 0 aromatic heterocycles. The van der Waals surface area contributed by atoms with Crippen LogP contribution in [0.15, 0.2) is 29.4 Å². The van der Waals surface area contributed by atoms with Crippen LogP contribution in [0.2, 0.25) is 0 Å². The van der Waals surface area contributed by atoms with Crippen LogP contribution < -0.4 is 10.2 Å². The maximum Gasteiger partial charge on any atom is 0.249 e. The first-order valence-electron chi connectivity index (χ1n) is 6.39. The third-order valence-electron chi connectivity index (χ3n) is 3.57. The van der Waals surface area contributed by atoms with Crippen molar-refractivity contribution in [1.29, 1.82) is 10.5 Å². The Morgan fingerprint density at radius 2 is 1.90 bits per heavy atom. The number of nitrogens with one attached hydrogen (secondary N) is 1. The number of carbonyl (C=O) groups is 1. The van der Waals surface area contributed by atoms with Crippen LogP contribution in [-0.4, -0.2) is 18.7 Å². The fraction of sp³-hybridized carbons (Fsp3) is 0.333. The number of hydrogen-bond acceptors (Lipinski definition) is 5. The molecule has 0 aliphatic carbocycles. The Labute approximate surface area is 122 Å². The quantitative estimate of drug-likeness (QED) is 0.906. The van der Waals surface area contributed by atoms with Crippen molar-refractivity contribution in [2.24, 2.45) is 16.9 Å². The second kappa shape index (κ2) is 6.06. The third-order valence-corrected chi connectivity index (χ3v) is 3.57. The summed E-state index contributed by atoms with van der Waals surface area (Å²) in [6.07, 6.45) is 0. The van der Waals surface area contributed by atoms with Crippen molar-refractivity contribution < 1.29 is 9.53 Å². The number of hydrazone groups is 1. The normalized spacial score (nSPS) is 18.4. The summed E-state index contributed by atoms with van der Waals surface area (Å²) in [6.45, 7) is 1.71. The van der Waals surface area contributed by atoms with E-state index in [9.17, 15) is 15.3 Å². The number of benzene rings is 1. The highest BCUT2D eigenvalue weighted by Gasteiger charge is 2.40. The first-order chi connectivity index (χ1) is 10.1. The van der Waals surface area contributed by atoms with Gasteiger partial charge in [0.25, 0.3) is 0 Å². The Bertz CT molecular complexity index is 638. The van der Waals surface area contributed by atoms with Crippen molar-refractivity contribution in [3.05, 3.63) is 29.8 Å². The zero-order chi connectivity index (χ0) is 15.4. The van der Waals surface area contributed by atoms with Gasteiger partial charge in [-0.1, -0.05) is 12.1 Å². The van der Waals surface area contributed by atoms with Crippen molar-refractivity contribution in [3.63, 3.8) is 0 Å². The van der Waals surface area contributed by atoms with E-state index < -0.39 is 17.8 Å². The summed E-state index contributed by atoms with van der Waals surface area (Å²) in [4.78, 5) is 12.0. The summed E-state index contributed by atoms with van der Waals surface area (Å²) in [6, 6.07) is 11.0. The number of nitriles is 2. The van der Waals surface area contributed by atoms with E-state index >= 15 is 0 Å². The maximum absolute atomic E-state index is 12.0. The van der Waals surface area contributed by atoms with E-state index in [1.54, 1.807) is 38.3 Å². The lowest BCUT2D eigenvalue weighted by molar-refractivity contribution is -0.122. The summed E-state index contributed by atoms with van der Waals surface area (Å²) < 4.78 is 5.10. The van der Waals surface area contributed by atoms with Crippen LogP contribution in [-0.2, 0) is 4.79 Å². The van der Waals surface area contributed by atoms with Crippen LogP contribution in [0, 0.1) is 34.5 Å². The molecule has 1 aromatic rings. The molecular formula is C15H14N4O2. The fourth-order valence-corrected chi connectivity index (χ4v) is 2.49. The number of nitrogens with zero attached hydrogens (tertiary/aromatic N) is 3. The van der Waals surface area contributed by atoms with Gasteiger partial charge in [-0.3, -0.25) is 4.79 Å². The SMILES string of the molecule is COc1ccc([C@H](C(C#N)C#N)[C@H]2C(=O)NN=C2C)cc1. The van der Waals surface area contributed by atoms with Crippen molar-refractivity contribution >= 4 is 11.6 Å². The van der Waals surface area contributed by atoms with Crippen LogP contribution in [0.3, 0.4) is 0 Å². The molecule has 0 unspecified atom stereocenters. The number of ether oxygens (including phenoxy) is 1. The Morgan fingerprint density at radius 3 is 2.33 bits per heavy atom. The van der Waals surface area contributed by atoms with E-state index in [0.717, 1.165) is 5.56 Å². The van der Waals surface area contributed by atoms with Crippen molar-refractivity contribution in [3.8, 4) is 17.9 Å². The standard InChI is InChI=1S/C15H14N4O2/c1-9-13(15(20)19-18-9)14(11(7-16)8-17)10-3-5-12(21-2)6-4-10/h3-6,11,13-14H,1-2H3,(H,19,20)/t13-,14+/m0/s1. The van der Waals surface area contributed by atoms with Gasteiger partial charge >= 0.3 is 0 Å². The number of hydrogen-bond donors (Lipinski definition) is 1. The van der Waals surface area contributed by atoms with Crippen molar-refractivity contribution in [1.82, 2.24) is 5.43 Å². The molecular weight excluding hydrogens is 268 g/mol. The van der Waals surface area contributed by atoms with Gasteiger partial charge in [0.15, 0.2) is 0 Å². The Hall–Kier alpha value is -2.86. The zero-order valence-electron chi connectivity index (χ0n) is 11.7. The number of rotatable bonds is 4. The highest BCUT2D eigenvalue weighted by Crippen LogP contribution is 2.35. The average molecular weight is 282 g/mol. The summed E-state index contributed by atoms with van der Waals surface area (Å²) in [5, 5.41) is 22.3. The average Bonchev–Trinajstić information content (AvgIpc) is 2.84. The summed E-state index contributed by atoms with van der Waals surface area (Å²) in [5.74, 6) is -1.72. The number of carbonyl (C=O) groups excluding carboxylic acids is 1. The van der Waals surface area contributed by atoms with Gasteiger partial charge in [0, 0.05) is 11.6 Å². The molecule has 0 spiro atoms. The lowest BCUT2D eigenvalue weighted by Crippen LogP contribution is -2.32. The van der Waals surface area contributed by atoms with Crippen molar-refractivity contribution in [2.45, 2.75) is 12.8 Å². The molecule has 1 N–H and O–H groups in total. The summed E-state index contributed by atoms with van der Waals surface area (Å²) in [5.41, 5.74) is 3.72. The number of amides is 1. The van der Waals surface area contributed by atoms with E-state index in [1.807, 2.05) is 12.1 Å². The van der Waals surface area contributed by atoms with E-state index in [2.05, 4.69) is 10.5 Å². The van der Waals surface area contributed by atoms with Crippen LogP contribution in [0.25, 0.3) is 0 Å². The second-order valence-electron chi connectivity index (χ2n) is 4.74. The van der Waals surface area contributed by atoms with E-state index in [0.29, 0.717) is 11.5 Å². The molecule has 2 atom stereocenters. The maximum atomic E-state index is 12.0. The van der Waals surface area contributed by atoms with Crippen molar-refractivity contribution in [2.75, 3.05) is 7.11 Å². The van der Waals surface area contributed by atoms with Gasteiger partial charge in [-0.05, 0) is 24.6 Å². The molecule has 1 aliphatic heterocycles. The Kier molecular flexibility index (Phi) is 4.20. The van der Waals surface area contributed by atoms with Gasteiger partial charge in [0.1, 0.15) is 11.7 Å². The smallest absolute Gasteiger partial charge is 0.249 e.